The number of hydrogen-bond donors (Lipinski definition) is 2. The number of hydrogen-bond acceptors (Lipinski definition) is 6. The number of piperidine rings is 1. The maximum Gasteiger partial charge on any atom is 0.257 e. The van der Waals surface area contributed by atoms with E-state index in [9.17, 15) is 23.5 Å². The minimum Gasteiger partial charge on any atom is -0.477 e. The van der Waals surface area contributed by atoms with Gasteiger partial charge in [-0.05, 0) is 68.5 Å². The molecule has 2 amide bonds. The number of nitrogens with two attached hydrogens (primary N) is 1. The van der Waals surface area contributed by atoms with Crippen molar-refractivity contribution in [3.63, 3.8) is 0 Å². The molecule has 2 saturated heterocycles. The summed E-state index contributed by atoms with van der Waals surface area (Å²) in [6.45, 7) is 6.47. The lowest BCUT2D eigenvalue weighted by molar-refractivity contribution is -0.121. The molecule has 2 atom stereocenters. The fraction of sp³-hybridized carbons (Fsp3) is 0.552. The molecular formula is C29H38F2N4O4. The maximum atomic E-state index is 14.9. The topological polar surface area (TPSA) is 109 Å². The highest BCUT2D eigenvalue weighted by Gasteiger charge is 2.39. The molecule has 1 aromatic heterocycles. The summed E-state index contributed by atoms with van der Waals surface area (Å²) in [4.78, 5) is 32.2. The minimum absolute atomic E-state index is 0.0394. The number of ether oxygens (including phenoxy) is 1. The van der Waals surface area contributed by atoms with Gasteiger partial charge in [-0.3, -0.25) is 9.59 Å². The molecule has 2 aliphatic rings. The summed E-state index contributed by atoms with van der Waals surface area (Å²) in [5.74, 6) is -1.31. The first-order valence-electron chi connectivity index (χ1n) is 13.7. The second-order valence-electron chi connectivity index (χ2n) is 10.7. The third-order valence-electron chi connectivity index (χ3n) is 8.09. The van der Waals surface area contributed by atoms with Gasteiger partial charge in [0.05, 0.1) is 18.3 Å². The fourth-order valence-corrected chi connectivity index (χ4v) is 5.36. The number of halogens is 2. The van der Waals surface area contributed by atoms with E-state index in [1.54, 1.807) is 24.4 Å². The number of carbonyl (C=O) groups excluding carboxylic acids is 2. The zero-order valence-corrected chi connectivity index (χ0v) is 22.6. The van der Waals surface area contributed by atoms with Crippen LogP contribution in [0.4, 0.5) is 8.78 Å². The lowest BCUT2D eigenvalue weighted by Gasteiger charge is -2.36. The van der Waals surface area contributed by atoms with E-state index in [2.05, 4.69) is 9.88 Å². The Morgan fingerprint density at radius 2 is 1.85 bits per heavy atom. The number of pyridine rings is 1. The number of nitrogens with zero attached hydrogens (tertiary/aromatic N) is 3. The Bertz CT molecular complexity index is 1150. The third kappa shape index (κ3) is 6.91. The van der Waals surface area contributed by atoms with Crippen LogP contribution in [0.15, 0.2) is 36.5 Å². The summed E-state index contributed by atoms with van der Waals surface area (Å²) in [6.07, 6.45) is 3.71. The molecule has 0 saturated carbocycles. The van der Waals surface area contributed by atoms with Crippen molar-refractivity contribution < 1.29 is 28.2 Å². The van der Waals surface area contributed by atoms with E-state index in [0.29, 0.717) is 48.9 Å². The van der Waals surface area contributed by atoms with Crippen molar-refractivity contribution in [2.75, 3.05) is 32.8 Å². The Kier molecular flexibility index (Phi) is 9.17. The van der Waals surface area contributed by atoms with Gasteiger partial charge in [0.25, 0.3) is 5.91 Å². The summed E-state index contributed by atoms with van der Waals surface area (Å²) in [5, 5.41) is 9.85. The standard InChI is InChI=1S/C29H38F2N4O4/c1-3-29(31,4-2)18-34-11-9-19(10-12-34)17-39-26-8-6-21(15-33-26)20-5-7-23(24(30)13-20)28(38)35-16-22(36)14-25(35)27(32)37/h5-8,13,15,19,22,25,36H,3-4,9-12,14,16-18H2,1-2H3,(H2,32,37)/t22-,25+/m1/s1. The number of carbonyl (C=O) groups is 2. The van der Waals surface area contributed by atoms with Gasteiger partial charge in [0.2, 0.25) is 11.8 Å². The molecule has 3 heterocycles. The molecule has 2 aliphatic heterocycles. The van der Waals surface area contributed by atoms with Gasteiger partial charge in [-0.1, -0.05) is 19.9 Å². The number of alkyl halides is 1. The van der Waals surface area contributed by atoms with Gasteiger partial charge in [0.1, 0.15) is 17.5 Å². The van der Waals surface area contributed by atoms with Crippen molar-refractivity contribution in [2.24, 2.45) is 11.7 Å². The Balaban J connectivity index is 1.31. The van der Waals surface area contributed by atoms with Gasteiger partial charge in [-0.25, -0.2) is 13.8 Å². The second kappa shape index (κ2) is 12.4. The molecule has 8 nitrogen and oxygen atoms in total. The molecule has 0 aliphatic carbocycles. The summed E-state index contributed by atoms with van der Waals surface area (Å²) in [7, 11) is 0. The average molecular weight is 545 g/mol. The van der Waals surface area contributed by atoms with Crippen molar-refractivity contribution >= 4 is 11.8 Å². The highest BCUT2D eigenvalue weighted by molar-refractivity contribution is 5.98. The first-order valence-corrected chi connectivity index (χ1v) is 13.7. The van der Waals surface area contributed by atoms with Gasteiger partial charge >= 0.3 is 0 Å². The van der Waals surface area contributed by atoms with Crippen LogP contribution in [0.3, 0.4) is 0 Å². The first-order chi connectivity index (χ1) is 18.6. The number of aromatic nitrogens is 1. The van der Waals surface area contributed by atoms with Gasteiger partial charge < -0.3 is 25.4 Å². The molecule has 4 rings (SSSR count). The van der Waals surface area contributed by atoms with Crippen LogP contribution in [0.2, 0.25) is 0 Å². The monoisotopic (exact) mass is 544 g/mol. The SMILES string of the molecule is CCC(F)(CC)CN1CCC(COc2ccc(-c3ccc(C(=O)N4C[C@H](O)C[C@H]4C(N)=O)c(F)c3)cn2)CC1. The van der Waals surface area contributed by atoms with E-state index in [-0.39, 0.29) is 18.5 Å². The number of benzene rings is 1. The first kappa shape index (κ1) is 28.9. The maximum absolute atomic E-state index is 14.9. The third-order valence-corrected chi connectivity index (χ3v) is 8.09. The molecule has 0 bridgehead atoms. The quantitative estimate of drug-likeness (QED) is 0.474. The highest BCUT2D eigenvalue weighted by Crippen LogP contribution is 2.28. The van der Waals surface area contributed by atoms with Crippen molar-refractivity contribution in [3.8, 4) is 17.0 Å². The molecule has 2 aromatic rings. The van der Waals surface area contributed by atoms with Crippen molar-refractivity contribution in [1.29, 1.82) is 0 Å². The van der Waals surface area contributed by atoms with E-state index in [1.165, 1.54) is 12.1 Å². The molecule has 39 heavy (non-hydrogen) atoms. The summed E-state index contributed by atoms with van der Waals surface area (Å²) < 4.78 is 35.5. The summed E-state index contributed by atoms with van der Waals surface area (Å²) >= 11 is 0. The predicted molar refractivity (Wildman–Crippen MR) is 143 cm³/mol. The molecule has 3 N–H and O–H groups in total. The number of β-amino-alcohol motifs (C(OH)–C–C–N with tert-alkyl or cyclic N) is 1. The van der Waals surface area contributed by atoms with Gasteiger partial charge in [-0.15, -0.1) is 0 Å². The molecule has 212 valence electrons. The van der Waals surface area contributed by atoms with Crippen molar-refractivity contribution in [2.45, 2.75) is 63.8 Å². The molecule has 1 aromatic carbocycles. The minimum atomic E-state index is -1.11. The lowest BCUT2D eigenvalue weighted by atomic mass is 9.94. The molecular weight excluding hydrogens is 506 g/mol. The molecule has 0 unspecified atom stereocenters. The van der Waals surface area contributed by atoms with Crippen LogP contribution in [0.1, 0.15) is 56.3 Å². The van der Waals surface area contributed by atoms with Crippen LogP contribution in [-0.2, 0) is 4.79 Å². The number of aliphatic hydroxyl groups excluding tert-OH is 1. The van der Waals surface area contributed by atoms with Crippen molar-refractivity contribution in [3.05, 3.63) is 47.9 Å². The van der Waals surface area contributed by atoms with E-state index in [1.807, 2.05) is 13.8 Å². The smallest absolute Gasteiger partial charge is 0.257 e. The summed E-state index contributed by atoms with van der Waals surface area (Å²) in [5.41, 5.74) is 5.23. The predicted octanol–water partition coefficient (Wildman–Crippen LogP) is 3.57. The zero-order chi connectivity index (χ0) is 28.2. The fourth-order valence-electron chi connectivity index (χ4n) is 5.36. The van der Waals surface area contributed by atoms with E-state index in [0.717, 1.165) is 30.8 Å². The zero-order valence-electron chi connectivity index (χ0n) is 22.6. The number of likely N-dealkylation sites (tertiary alicyclic amines) is 2. The van der Waals surface area contributed by atoms with Crippen LogP contribution in [0.25, 0.3) is 11.1 Å². The summed E-state index contributed by atoms with van der Waals surface area (Å²) in [6, 6.07) is 6.75. The van der Waals surface area contributed by atoms with Crippen LogP contribution in [0.5, 0.6) is 5.88 Å². The number of amides is 2. The average Bonchev–Trinajstić information content (AvgIpc) is 3.34. The second-order valence-corrected chi connectivity index (χ2v) is 10.7. The normalized spacial score (nSPS) is 20.8. The number of aliphatic hydroxyl groups is 1. The highest BCUT2D eigenvalue weighted by atomic mass is 19.1. The Morgan fingerprint density at radius 3 is 2.44 bits per heavy atom. The van der Waals surface area contributed by atoms with E-state index >= 15 is 0 Å². The Morgan fingerprint density at radius 1 is 1.15 bits per heavy atom. The number of primary amides is 1. The Hall–Kier alpha value is -3.11. The molecule has 0 spiro atoms. The number of rotatable bonds is 10. The van der Waals surface area contributed by atoms with Gasteiger partial charge in [0.15, 0.2) is 0 Å². The van der Waals surface area contributed by atoms with Crippen LogP contribution < -0.4 is 10.5 Å². The molecule has 2 fully saturated rings. The van der Waals surface area contributed by atoms with Crippen LogP contribution in [-0.4, -0.2) is 82.3 Å². The van der Waals surface area contributed by atoms with Gasteiger partial charge in [0, 0.05) is 37.3 Å². The van der Waals surface area contributed by atoms with E-state index in [4.69, 9.17) is 10.5 Å². The van der Waals surface area contributed by atoms with Crippen LogP contribution >= 0.6 is 0 Å². The largest absolute Gasteiger partial charge is 0.477 e. The van der Waals surface area contributed by atoms with Gasteiger partial charge in [-0.2, -0.15) is 0 Å². The van der Waals surface area contributed by atoms with E-state index < -0.39 is 35.4 Å². The lowest BCUT2D eigenvalue weighted by Crippen LogP contribution is -2.44. The van der Waals surface area contributed by atoms with Crippen molar-refractivity contribution in [1.82, 2.24) is 14.8 Å². The Labute approximate surface area is 228 Å². The molecule has 0 radical (unpaired) electrons. The molecule has 10 heteroatoms. The van der Waals surface area contributed by atoms with Crippen LogP contribution in [0, 0.1) is 11.7 Å².